The van der Waals surface area contributed by atoms with Crippen molar-refractivity contribution in [3.8, 4) is 6.07 Å². The summed E-state index contributed by atoms with van der Waals surface area (Å²) in [5.74, 6) is 0. The maximum absolute atomic E-state index is 9.08. The molecule has 2 heterocycles. The van der Waals surface area contributed by atoms with Crippen LogP contribution in [0, 0.1) is 16.7 Å². The maximum atomic E-state index is 9.08. The fourth-order valence-corrected chi connectivity index (χ4v) is 2.53. The Morgan fingerprint density at radius 2 is 2.18 bits per heavy atom. The molecule has 0 spiro atoms. The molecule has 0 bridgehead atoms. The normalized spacial score (nSPS) is 19.8. The molecule has 0 radical (unpaired) electrons. The second-order valence-electron chi connectivity index (χ2n) is 4.96. The minimum atomic E-state index is -0.119. The van der Waals surface area contributed by atoms with Crippen LogP contribution in [0.25, 0.3) is 0 Å². The fraction of sp³-hybridized carbons (Fsp3) is 0.538. The van der Waals surface area contributed by atoms with E-state index in [0.717, 1.165) is 36.9 Å². The first-order chi connectivity index (χ1) is 8.11. The number of likely N-dealkylation sites (tertiary alicyclic amines) is 1. The molecule has 1 saturated heterocycles. The number of nitrogens with zero attached hydrogens (tertiary/aromatic N) is 3. The number of hydrogen-bond acceptors (Lipinski definition) is 3. The molecular formula is C13H16BrN3. The van der Waals surface area contributed by atoms with Crippen LogP contribution in [0.2, 0.25) is 0 Å². The van der Waals surface area contributed by atoms with Crippen LogP contribution in [0.15, 0.2) is 22.9 Å². The SMILES string of the molecule is CC1(C#N)CCN(Cc2cncc(Br)c2)CC1. The van der Waals surface area contributed by atoms with E-state index in [-0.39, 0.29) is 5.41 Å². The quantitative estimate of drug-likeness (QED) is 0.842. The van der Waals surface area contributed by atoms with Crippen LogP contribution in [0.3, 0.4) is 0 Å². The van der Waals surface area contributed by atoms with E-state index < -0.39 is 0 Å². The third-order valence-corrected chi connectivity index (χ3v) is 3.83. The molecule has 1 aliphatic rings. The predicted molar refractivity (Wildman–Crippen MR) is 70.2 cm³/mol. The highest BCUT2D eigenvalue weighted by Gasteiger charge is 2.29. The third kappa shape index (κ3) is 3.27. The van der Waals surface area contributed by atoms with Crippen LogP contribution in [0.1, 0.15) is 25.3 Å². The van der Waals surface area contributed by atoms with Gasteiger partial charge < -0.3 is 0 Å². The lowest BCUT2D eigenvalue weighted by Gasteiger charge is -2.34. The summed E-state index contributed by atoms with van der Waals surface area (Å²) in [6.07, 6.45) is 5.63. The molecule has 0 unspecified atom stereocenters. The van der Waals surface area contributed by atoms with E-state index in [1.165, 1.54) is 5.56 Å². The van der Waals surface area contributed by atoms with Crippen molar-refractivity contribution in [3.63, 3.8) is 0 Å². The van der Waals surface area contributed by atoms with Gasteiger partial charge in [0.25, 0.3) is 0 Å². The molecule has 1 aliphatic heterocycles. The second-order valence-corrected chi connectivity index (χ2v) is 5.88. The predicted octanol–water partition coefficient (Wildman–Crippen LogP) is 2.97. The van der Waals surface area contributed by atoms with E-state index in [1.807, 2.05) is 6.20 Å². The largest absolute Gasteiger partial charge is 0.299 e. The molecule has 1 fully saturated rings. The first-order valence-electron chi connectivity index (χ1n) is 5.84. The lowest BCUT2D eigenvalue weighted by Crippen LogP contribution is -2.37. The molecule has 17 heavy (non-hydrogen) atoms. The fourth-order valence-electron chi connectivity index (χ4n) is 2.12. The number of nitriles is 1. The van der Waals surface area contributed by atoms with E-state index in [9.17, 15) is 0 Å². The van der Waals surface area contributed by atoms with Gasteiger partial charge in [0.2, 0.25) is 0 Å². The molecule has 90 valence electrons. The van der Waals surface area contributed by atoms with Crippen molar-refractivity contribution in [2.45, 2.75) is 26.3 Å². The molecular weight excluding hydrogens is 278 g/mol. The van der Waals surface area contributed by atoms with Gasteiger partial charge in [0.1, 0.15) is 0 Å². The minimum Gasteiger partial charge on any atom is -0.299 e. The molecule has 0 aromatic carbocycles. The monoisotopic (exact) mass is 293 g/mol. The number of hydrogen-bond donors (Lipinski definition) is 0. The maximum Gasteiger partial charge on any atom is 0.0687 e. The van der Waals surface area contributed by atoms with Gasteiger partial charge in [-0.2, -0.15) is 5.26 Å². The zero-order chi connectivity index (χ0) is 12.3. The van der Waals surface area contributed by atoms with Gasteiger partial charge in [-0.3, -0.25) is 9.88 Å². The summed E-state index contributed by atoms with van der Waals surface area (Å²) in [4.78, 5) is 6.56. The Balaban J connectivity index is 1.93. The van der Waals surface area contributed by atoms with Crippen LogP contribution in [0.5, 0.6) is 0 Å². The van der Waals surface area contributed by atoms with Gasteiger partial charge in [0.15, 0.2) is 0 Å². The van der Waals surface area contributed by atoms with Gasteiger partial charge in [0.05, 0.1) is 11.5 Å². The van der Waals surface area contributed by atoms with Crippen molar-refractivity contribution in [1.29, 1.82) is 5.26 Å². The third-order valence-electron chi connectivity index (χ3n) is 3.40. The van der Waals surface area contributed by atoms with Crippen LogP contribution in [-0.2, 0) is 6.54 Å². The lowest BCUT2D eigenvalue weighted by molar-refractivity contribution is 0.150. The summed E-state index contributed by atoms with van der Waals surface area (Å²) in [7, 11) is 0. The number of aromatic nitrogens is 1. The van der Waals surface area contributed by atoms with Crippen molar-refractivity contribution in [3.05, 3.63) is 28.5 Å². The standard InChI is InChI=1S/C13H16BrN3/c1-13(10-15)2-4-17(5-3-13)9-11-6-12(14)8-16-7-11/h6-8H,2-5,9H2,1H3. The second kappa shape index (κ2) is 5.16. The Labute approximate surface area is 111 Å². The van der Waals surface area contributed by atoms with Gasteiger partial charge in [-0.1, -0.05) is 0 Å². The lowest BCUT2D eigenvalue weighted by atomic mass is 9.82. The zero-order valence-corrected chi connectivity index (χ0v) is 11.6. The van der Waals surface area contributed by atoms with Gasteiger partial charge in [-0.15, -0.1) is 0 Å². The molecule has 0 N–H and O–H groups in total. The Kier molecular flexibility index (Phi) is 3.80. The summed E-state index contributed by atoms with van der Waals surface area (Å²) in [5, 5.41) is 9.08. The first-order valence-corrected chi connectivity index (χ1v) is 6.64. The molecule has 0 atom stereocenters. The summed E-state index contributed by atoms with van der Waals surface area (Å²) in [5.41, 5.74) is 1.10. The highest BCUT2D eigenvalue weighted by molar-refractivity contribution is 9.10. The Bertz CT molecular complexity index is 431. The zero-order valence-electron chi connectivity index (χ0n) is 9.99. The van der Waals surface area contributed by atoms with Crippen molar-refractivity contribution in [2.75, 3.05) is 13.1 Å². The average Bonchev–Trinajstić information content (AvgIpc) is 2.33. The molecule has 3 nitrogen and oxygen atoms in total. The number of pyridine rings is 1. The summed E-state index contributed by atoms with van der Waals surface area (Å²) >= 11 is 3.43. The van der Waals surface area contributed by atoms with Crippen molar-refractivity contribution < 1.29 is 0 Å². The van der Waals surface area contributed by atoms with Gasteiger partial charge in [-0.05, 0) is 60.4 Å². The minimum absolute atomic E-state index is 0.119. The van der Waals surface area contributed by atoms with Gasteiger partial charge in [0, 0.05) is 23.4 Å². The van der Waals surface area contributed by atoms with Crippen molar-refractivity contribution in [2.24, 2.45) is 5.41 Å². The molecule has 1 aromatic heterocycles. The summed E-state index contributed by atoms with van der Waals surface area (Å²) in [6, 6.07) is 4.53. The number of halogens is 1. The Morgan fingerprint density at radius 3 is 2.76 bits per heavy atom. The molecule has 2 rings (SSSR count). The number of rotatable bonds is 2. The topological polar surface area (TPSA) is 39.9 Å². The highest BCUT2D eigenvalue weighted by atomic mass is 79.9. The smallest absolute Gasteiger partial charge is 0.0687 e. The summed E-state index contributed by atoms with van der Waals surface area (Å²) < 4.78 is 1.02. The molecule has 0 amide bonds. The Hall–Kier alpha value is -0.920. The van der Waals surface area contributed by atoms with Crippen LogP contribution < -0.4 is 0 Å². The molecule has 4 heteroatoms. The van der Waals surface area contributed by atoms with Crippen molar-refractivity contribution in [1.82, 2.24) is 9.88 Å². The van der Waals surface area contributed by atoms with E-state index in [1.54, 1.807) is 6.20 Å². The van der Waals surface area contributed by atoms with Gasteiger partial charge in [-0.25, -0.2) is 0 Å². The van der Waals surface area contributed by atoms with Crippen LogP contribution >= 0.6 is 15.9 Å². The van der Waals surface area contributed by atoms with E-state index in [2.05, 4.69) is 44.9 Å². The highest BCUT2D eigenvalue weighted by Crippen LogP contribution is 2.30. The summed E-state index contributed by atoms with van der Waals surface area (Å²) in [6.45, 7) is 4.98. The molecule has 0 aliphatic carbocycles. The van der Waals surface area contributed by atoms with Crippen LogP contribution in [0.4, 0.5) is 0 Å². The number of piperidine rings is 1. The molecule has 1 aromatic rings. The average molecular weight is 294 g/mol. The van der Waals surface area contributed by atoms with E-state index in [0.29, 0.717) is 0 Å². The van der Waals surface area contributed by atoms with Gasteiger partial charge >= 0.3 is 0 Å². The Morgan fingerprint density at radius 1 is 1.47 bits per heavy atom. The first kappa shape index (κ1) is 12.5. The van der Waals surface area contributed by atoms with E-state index in [4.69, 9.17) is 5.26 Å². The molecule has 0 saturated carbocycles. The van der Waals surface area contributed by atoms with Crippen LogP contribution in [-0.4, -0.2) is 23.0 Å². The van der Waals surface area contributed by atoms with E-state index >= 15 is 0 Å². The van der Waals surface area contributed by atoms with Crippen molar-refractivity contribution >= 4 is 15.9 Å².